The topological polar surface area (TPSA) is 88.5 Å². The molecule has 0 amide bonds. The van der Waals surface area contributed by atoms with Gasteiger partial charge in [-0.2, -0.15) is 0 Å². The molecule has 1 unspecified atom stereocenters. The molecule has 1 heterocycles. The van der Waals surface area contributed by atoms with Crippen molar-refractivity contribution >= 4 is 11.4 Å². The Bertz CT molecular complexity index is 611. The number of nitrogens with one attached hydrogen (secondary N) is 1. The third kappa shape index (κ3) is 2.94. The summed E-state index contributed by atoms with van der Waals surface area (Å²) in [4.78, 5) is 10.2. The molecule has 1 atom stereocenters. The molecule has 2 N–H and O–H groups in total. The average molecular weight is 280 g/mol. The summed E-state index contributed by atoms with van der Waals surface area (Å²) in [6.07, 6.45) is 1.42. The van der Waals surface area contributed by atoms with E-state index in [1.165, 1.54) is 19.3 Å². The fourth-order valence-corrected chi connectivity index (χ4v) is 1.74. The number of nitro benzene ring substituents is 1. The van der Waals surface area contributed by atoms with Gasteiger partial charge in [0.1, 0.15) is 22.9 Å². The molecular formula is C13H13FN2O4. The second kappa shape index (κ2) is 5.30. The van der Waals surface area contributed by atoms with Gasteiger partial charge in [0, 0.05) is 0 Å². The molecular weight excluding hydrogens is 267 g/mol. The minimum atomic E-state index is -1.34. The Hall–Kier alpha value is -2.41. The highest BCUT2D eigenvalue weighted by Gasteiger charge is 2.27. The van der Waals surface area contributed by atoms with Gasteiger partial charge in [-0.05, 0) is 31.2 Å². The molecule has 0 aliphatic carbocycles. The van der Waals surface area contributed by atoms with Gasteiger partial charge in [-0.25, -0.2) is 4.39 Å². The van der Waals surface area contributed by atoms with Crippen LogP contribution in [0.1, 0.15) is 12.7 Å². The Morgan fingerprint density at radius 1 is 1.50 bits per heavy atom. The number of aliphatic hydroxyl groups is 1. The highest BCUT2D eigenvalue weighted by atomic mass is 19.1. The molecule has 2 rings (SSSR count). The van der Waals surface area contributed by atoms with Crippen LogP contribution in [0.5, 0.6) is 0 Å². The van der Waals surface area contributed by atoms with E-state index in [0.717, 1.165) is 12.1 Å². The number of furan rings is 1. The lowest BCUT2D eigenvalue weighted by Crippen LogP contribution is -2.30. The van der Waals surface area contributed by atoms with Gasteiger partial charge in [0.25, 0.3) is 5.69 Å². The van der Waals surface area contributed by atoms with Crippen molar-refractivity contribution in [3.63, 3.8) is 0 Å². The van der Waals surface area contributed by atoms with Gasteiger partial charge in [-0.1, -0.05) is 0 Å². The van der Waals surface area contributed by atoms with Crippen LogP contribution in [0.4, 0.5) is 15.8 Å². The zero-order valence-electron chi connectivity index (χ0n) is 10.7. The van der Waals surface area contributed by atoms with E-state index in [1.54, 1.807) is 12.1 Å². The van der Waals surface area contributed by atoms with E-state index >= 15 is 0 Å². The van der Waals surface area contributed by atoms with Crippen LogP contribution in [0.2, 0.25) is 0 Å². The van der Waals surface area contributed by atoms with Crippen molar-refractivity contribution < 1.29 is 18.8 Å². The standard InChI is InChI=1S/C13H13FN2O4/c1-13(17,12-3-2-6-20-12)8-15-10-5-4-9(14)7-11(10)16(18)19/h2-7,15,17H,8H2,1H3. The molecule has 6 nitrogen and oxygen atoms in total. The van der Waals surface area contributed by atoms with Crippen molar-refractivity contribution in [2.45, 2.75) is 12.5 Å². The number of halogens is 1. The summed E-state index contributed by atoms with van der Waals surface area (Å²) in [6, 6.07) is 6.41. The predicted molar refractivity (Wildman–Crippen MR) is 69.8 cm³/mol. The first-order valence-electron chi connectivity index (χ1n) is 5.84. The second-order valence-electron chi connectivity index (χ2n) is 4.52. The fraction of sp³-hybridized carbons (Fsp3) is 0.231. The van der Waals surface area contributed by atoms with Crippen molar-refractivity contribution in [3.8, 4) is 0 Å². The summed E-state index contributed by atoms with van der Waals surface area (Å²) in [5.41, 5.74) is -1.60. The summed E-state index contributed by atoms with van der Waals surface area (Å²) < 4.78 is 18.1. The summed E-state index contributed by atoms with van der Waals surface area (Å²) in [5.74, 6) is -0.366. The Kier molecular flexibility index (Phi) is 3.71. The number of anilines is 1. The van der Waals surface area contributed by atoms with Crippen LogP contribution < -0.4 is 5.32 Å². The van der Waals surface area contributed by atoms with E-state index < -0.39 is 16.3 Å². The van der Waals surface area contributed by atoms with Crippen LogP contribution in [-0.2, 0) is 5.60 Å². The van der Waals surface area contributed by atoms with Gasteiger partial charge < -0.3 is 14.8 Å². The molecule has 20 heavy (non-hydrogen) atoms. The van der Waals surface area contributed by atoms with Crippen LogP contribution in [0.3, 0.4) is 0 Å². The van der Waals surface area contributed by atoms with E-state index in [4.69, 9.17) is 4.42 Å². The third-order valence-electron chi connectivity index (χ3n) is 2.83. The van der Waals surface area contributed by atoms with E-state index in [-0.39, 0.29) is 17.9 Å². The highest BCUT2D eigenvalue weighted by Crippen LogP contribution is 2.27. The molecule has 7 heteroatoms. The minimum absolute atomic E-state index is 0.0208. The molecule has 0 fully saturated rings. The average Bonchev–Trinajstić information content (AvgIpc) is 2.91. The number of rotatable bonds is 5. The quantitative estimate of drug-likeness (QED) is 0.649. The van der Waals surface area contributed by atoms with Gasteiger partial charge in [-0.3, -0.25) is 10.1 Å². The number of hydrogen-bond donors (Lipinski definition) is 2. The van der Waals surface area contributed by atoms with Crippen LogP contribution >= 0.6 is 0 Å². The Balaban J connectivity index is 2.17. The lowest BCUT2D eigenvalue weighted by Gasteiger charge is -2.21. The lowest BCUT2D eigenvalue weighted by atomic mass is 10.0. The predicted octanol–water partition coefficient (Wildman–Crippen LogP) is 2.65. The van der Waals surface area contributed by atoms with Gasteiger partial charge in [-0.15, -0.1) is 0 Å². The van der Waals surface area contributed by atoms with Crippen molar-refractivity contribution in [1.29, 1.82) is 0 Å². The molecule has 1 aromatic heterocycles. The molecule has 1 aromatic carbocycles. The first-order valence-corrected chi connectivity index (χ1v) is 5.84. The van der Waals surface area contributed by atoms with Gasteiger partial charge in [0.05, 0.1) is 23.8 Å². The molecule has 0 aliphatic heterocycles. The summed E-state index contributed by atoms with van der Waals surface area (Å²) in [5, 5.41) is 23.8. The van der Waals surface area contributed by atoms with E-state index in [1.807, 2.05) is 0 Å². The van der Waals surface area contributed by atoms with E-state index in [9.17, 15) is 19.6 Å². The maximum atomic E-state index is 13.0. The van der Waals surface area contributed by atoms with Crippen molar-refractivity contribution in [1.82, 2.24) is 0 Å². The Morgan fingerprint density at radius 3 is 2.85 bits per heavy atom. The first-order chi connectivity index (χ1) is 9.40. The van der Waals surface area contributed by atoms with Crippen LogP contribution in [0.15, 0.2) is 41.0 Å². The maximum absolute atomic E-state index is 13.0. The first kappa shape index (κ1) is 14.0. The normalized spacial score (nSPS) is 13.8. The molecule has 0 radical (unpaired) electrons. The smallest absolute Gasteiger partial charge is 0.295 e. The van der Waals surface area contributed by atoms with Crippen molar-refractivity contribution in [3.05, 3.63) is 58.3 Å². The number of hydrogen-bond acceptors (Lipinski definition) is 5. The molecule has 0 saturated heterocycles. The van der Waals surface area contributed by atoms with Crippen LogP contribution in [0, 0.1) is 15.9 Å². The van der Waals surface area contributed by atoms with Crippen LogP contribution in [0.25, 0.3) is 0 Å². The monoisotopic (exact) mass is 280 g/mol. The zero-order chi connectivity index (χ0) is 14.8. The molecule has 2 aromatic rings. The largest absolute Gasteiger partial charge is 0.466 e. The molecule has 0 saturated carbocycles. The second-order valence-corrected chi connectivity index (χ2v) is 4.52. The summed E-state index contributed by atoms with van der Waals surface area (Å²) in [7, 11) is 0. The van der Waals surface area contributed by atoms with E-state index in [0.29, 0.717) is 5.76 Å². The maximum Gasteiger partial charge on any atom is 0.295 e. The molecule has 0 bridgehead atoms. The molecule has 0 spiro atoms. The van der Waals surface area contributed by atoms with Gasteiger partial charge >= 0.3 is 0 Å². The van der Waals surface area contributed by atoms with Gasteiger partial charge in [0.15, 0.2) is 0 Å². The third-order valence-corrected chi connectivity index (χ3v) is 2.83. The Morgan fingerprint density at radius 2 is 2.25 bits per heavy atom. The molecule has 0 aliphatic rings. The highest BCUT2D eigenvalue weighted by molar-refractivity contribution is 5.61. The number of benzene rings is 1. The number of nitrogens with zero attached hydrogens (tertiary/aromatic N) is 1. The summed E-state index contributed by atoms with van der Waals surface area (Å²) >= 11 is 0. The Labute approximate surface area is 114 Å². The zero-order valence-corrected chi connectivity index (χ0v) is 10.7. The van der Waals surface area contributed by atoms with Crippen molar-refractivity contribution in [2.75, 3.05) is 11.9 Å². The van der Waals surface area contributed by atoms with Crippen molar-refractivity contribution in [2.24, 2.45) is 0 Å². The van der Waals surface area contributed by atoms with Gasteiger partial charge in [0.2, 0.25) is 0 Å². The number of nitro groups is 1. The summed E-state index contributed by atoms with van der Waals surface area (Å²) in [6.45, 7) is 1.49. The van der Waals surface area contributed by atoms with Crippen LogP contribution in [-0.4, -0.2) is 16.6 Å². The minimum Gasteiger partial charge on any atom is -0.466 e. The SMILES string of the molecule is CC(O)(CNc1ccc(F)cc1[N+](=O)[O-])c1ccco1. The lowest BCUT2D eigenvalue weighted by molar-refractivity contribution is -0.384. The molecule has 106 valence electrons. The van der Waals surface area contributed by atoms with E-state index in [2.05, 4.69) is 5.32 Å². The fourth-order valence-electron chi connectivity index (χ4n) is 1.74.